The minimum atomic E-state index is -0.126. The predicted octanol–water partition coefficient (Wildman–Crippen LogP) is 3.72. The third kappa shape index (κ3) is 2.76. The molecule has 1 aliphatic rings. The van der Waals surface area contributed by atoms with Gasteiger partial charge >= 0.3 is 0 Å². The van der Waals surface area contributed by atoms with Gasteiger partial charge in [-0.05, 0) is 26.2 Å². The molecule has 112 valence electrons. The molecule has 1 unspecified atom stereocenters. The maximum atomic E-state index is 10.6. The summed E-state index contributed by atoms with van der Waals surface area (Å²) in [7, 11) is 0. The molecule has 1 fully saturated rings. The van der Waals surface area contributed by atoms with E-state index in [1.165, 1.54) is 0 Å². The van der Waals surface area contributed by atoms with Gasteiger partial charge in [0.1, 0.15) is 5.75 Å². The van der Waals surface area contributed by atoms with Gasteiger partial charge in [0, 0.05) is 30.1 Å². The SMILES string of the molecule is CC(c1ccc2ccccc2c1O)N1CCOC(C)(C)C1. The molecule has 2 aromatic carbocycles. The summed E-state index contributed by atoms with van der Waals surface area (Å²) >= 11 is 0. The molecule has 1 saturated heterocycles. The molecule has 0 radical (unpaired) electrons. The van der Waals surface area contributed by atoms with Gasteiger partial charge < -0.3 is 9.84 Å². The molecule has 1 aliphatic heterocycles. The van der Waals surface area contributed by atoms with Crippen LogP contribution < -0.4 is 0 Å². The van der Waals surface area contributed by atoms with Crippen LogP contribution in [0.1, 0.15) is 32.4 Å². The largest absolute Gasteiger partial charge is 0.507 e. The zero-order valence-corrected chi connectivity index (χ0v) is 13.0. The molecule has 0 aromatic heterocycles. The van der Waals surface area contributed by atoms with Crippen molar-refractivity contribution in [1.82, 2.24) is 4.90 Å². The van der Waals surface area contributed by atoms with Crippen LogP contribution in [0.4, 0.5) is 0 Å². The lowest BCUT2D eigenvalue weighted by Crippen LogP contribution is -2.48. The van der Waals surface area contributed by atoms with E-state index in [4.69, 9.17) is 4.74 Å². The zero-order chi connectivity index (χ0) is 15.0. The van der Waals surface area contributed by atoms with E-state index in [0.717, 1.165) is 36.0 Å². The van der Waals surface area contributed by atoms with Gasteiger partial charge in [-0.25, -0.2) is 0 Å². The van der Waals surface area contributed by atoms with E-state index in [2.05, 4.69) is 31.7 Å². The van der Waals surface area contributed by atoms with Gasteiger partial charge in [0.15, 0.2) is 0 Å². The van der Waals surface area contributed by atoms with Crippen LogP contribution in [-0.2, 0) is 4.74 Å². The Labute approximate surface area is 126 Å². The summed E-state index contributed by atoms with van der Waals surface area (Å²) in [5.41, 5.74) is 0.866. The number of phenolic OH excluding ortho intramolecular Hbond substituents is 1. The van der Waals surface area contributed by atoms with Gasteiger partial charge in [0.05, 0.1) is 12.2 Å². The van der Waals surface area contributed by atoms with Gasteiger partial charge in [0.25, 0.3) is 0 Å². The molecular formula is C18H23NO2. The van der Waals surface area contributed by atoms with E-state index in [1.807, 2.05) is 30.3 Å². The summed E-state index contributed by atoms with van der Waals surface area (Å²) in [6, 6.07) is 12.3. The van der Waals surface area contributed by atoms with E-state index >= 15 is 0 Å². The van der Waals surface area contributed by atoms with Gasteiger partial charge in [-0.3, -0.25) is 4.90 Å². The number of hydrogen-bond acceptors (Lipinski definition) is 3. The van der Waals surface area contributed by atoms with Gasteiger partial charge in [-0.2, -0.15) is 0 Å². The third-order valence-corrected chi connectivity index (χ3v) is 4.38. The first-order chi connectivity index (χ1) is 9.98. The van der Waals surface area contributed by atoms with Gasteiger partial charge in [-0.1, -0.05) is 36.4 Å². The summed E-state index contributed by atoms with van der Waals surface area (Å²) in [6.45, 7) is 8.91. The van der Waals surface area contributed by atoms with Crippen molar-refractivity contribution in [2.24, 2.45) is 0 Å². The first-order valence-corrected chi connectivity index (χ1v) is 7.56. The Hall–Kier alpha value is -1.58. The van der Waals surface area contributed by atoms with Crippen LogP contribution in [0.5, 0.6) is 5.75 Å². The van der Waals surface area contributed by atoms with Crippen molar-refractivity contribution >= 4 is 10.8 Å². The van der Waals surface area contributed by atoms with Crippen LogP contribution in [0.25, 0.3) is 10.8 Å². The highest BCUT2D eigenvalue weighted by Crippen LogP contribution is 2.36. The molecule has 0 amide bonds. The predicted molar refractivity (Wildman–Crippen MR) is 85.6 cm³/mol. The maximum Gasteiger partial charge on any atom is 0.128 e. The Morgan fingerprint density at radius 3 is 2.71 bits per heavy atom. The first-order valence-electron chi connectivity index (χ1n) is 7.56. The first kappa shape index (κ1) is 14.4. The van der Waals surface area contributed by atoms with Crippen molar-refractivity contribution < 1.29 is 9.84 Å². The van der Waals surface area contributed by atoms with Crippen LogP contribution in [0, 0.1) is 0 Å². The number of nitrogens with zero attached hydrogens (tertiary/aromatic N) is 1. The van der Waals surface area contributed by atoms with Crippen molar-refractivity contribution in [1.29, 1.82) is 0 Å². The topological polar surface area (TPSA) is 32.7 Å². The lowest BCUT2D eigenvalue weighted by atomic mass is 9.98. The molecule has 0 aliphatic carbocycles. The van der Waals surface area contributed by atoms with E-state index in [1.54, 1.807) is 0 Å². The highest BCUT2D eigenvalue weighted by Gasteiger charge is 2.31. The minimum Gasteiger partial charge on any atom is -0.507 e. The van der Waals surface area contributed by atoms with Crippen LogP contribution >= 0.6 is 0 Å². The summed E-state index contributed by atoms with van der Waals surface area (Å²) < 4.78 is 5.78. The number of rotatable bonds is 2. The van der Waals surface area contributed by atoms with Gasteiger partial charge in [0.2, 0.25) is 0 Å². The Balaban J connectivity index is 1.94. The molecule has 21 heavy (non-hydrogen) atoms. The number of fused-ring (bicyclic) bond motifs is 1. The van der Waals surface area contributed by atoms with E-state index < -0.39 is 0 Å². The molecule has 3 nitrogen and oxygen atoms in total. The van der Waals surface area contributed by atoms with E-state index in [0.29, 0.717) is 5.75 Å². The zero-order valence-electron chi connectivity index (χ0n) is 13.0. The van der Waals surface area contributed by atoms with E-state index in [9.17, 15) is 5.11 Å². The molecule has 1 heterocycles. The Bertz CT molecular complexity index is 651. The normalized spacial score (nSPS) is 20.5. The molecule has 2 aromatic rings. The van der Waals surface area contributed by atoms with Crippen molar-refractivity contribution in [2.45, 2.75) is 32.4 Å². The highest BCUT2D eigenvalue weighted by molar-refractivity contribution is 5.89. The molecule has 1 atom stereocenters. The third-order valence-electron chi connectivity index (χ3n) is 4.38. The number of aromatic hydroxyl groups is 1. The average molecular weight is 285 g/mol. The molecule has 0 spiro atoms. The quantitative estimate of drug-likeness (QED) is 0.913. The Morgan fingerprint density at radius 2 is 1.95 bits per heavy atom. The second-order valence-electron chi connectivity index (χ2n) is 6.48. The lowest BCUT2D eigenvalue weighted by molar-refractivity contribution is -0.0960. The molecule has 0 saturated carbocycles. The standard InChI is InChI=1S/C18H23NO2/c1-13(19-10-11-21-18(2,3)12-19)15-9-8-14-6-4-5-7-16(14)17(15)20/h4-9,13,20H,10-12H2,1-3H3. The number of morpholine rings is 1. The smallest absolute Gasteiger partial charge is 0.128 e. The number of hydrogen-bond donors (Lipinski definition) is 1. The van der Waals surface area contributed by atoms with Crippen LogP contribution in [0.15, 0.2) is 36.4 Å². The van der Waals surface area contributed by atoms with Crippen LogP contribution in [0.3, 0.4) is 0 Å². The molecule has 3 heteroatoms. The Morgan fingerprint density at radius 1 is 1.19 bits per heavy atom. The Kier molecular flexibility index (Phi) is 3.64. The molecule has 0 bridgehead atoms. The van der Waals surface area contributed by atoms with Crippen molar-refractivity contribution in [3.8, 4) is 5.75 Å². The van der Waals surface area contributed by atoms with Crippen molar-refractivity contribution in [3.05, 3.63) is 42.0 Å². The number of benzene rings is 2. The fourth-order valence-electron chi connectivity index (χ4n) is 3.19. The molecule has 1 N–H and O–H groups in total. The number of phenols is 1. The van der Waals surface area contributed by atoms with Gasteiger partial charge in [-0.15, -0.1) is 0 Å². The fourth-order valence-corrected chi connectivity index (χ4v) is 3.19. The number of ether oxygens (including phenoxy) is 1. The highest BCUT2D eigenvalue weighted by atomic mass is 16.5. The van der Waals surface area contributed by atoms with E-state index in [-0.39, 0.29) is 11.6 Å². The summed E-state index contributed by atoms with van der Waals surface area (Å²) in [4.78, 5) is 2.38. The average Bonchev–Trinajstić information content (AvgIpc) is 2.46. The van der Waals surface area contributed by atoms with Crippen LogP contribution in [-0.4, -0.2) is 35.3 Å². The van der Waals surface area contributed by atoms with Crippen molar-refractivity contribution in [2.75, 3.05) is 19.7 Å². The second kappa shape index (κ2) is 5.32. The second-order valence-corrected chi connectivity index (χ2v) is 6.48. The van der Waals surface area contributed by atoms with Crippen LogP contribution in [0.2, 0.25) is 0 Å². The summed E-state index contributed by atoms with van der Waals surface area (Å²) in [5, 5.41) is 12.6. The molecule has 3 rings (SSSR count). The summed E-state index contributed by atoms with van der Waals surface area (Å²) in [6.07, 6.45) is 0. The molecular weight excluding hydrogens is 262 g/mol. The minimum absolute atomic E-state index is 0.126. The summed E-state index contributed by atoms with van der Waals surface area (Å²) in [5.74, 6) is 0.407. The fraction of sp³-hybridized carbons (Fsp3) is 0.444. The maximum absolute atomic E-state index is 10.6. The monoisotopic (exact) mass is 285 g/mol. The van der Waals surface area contributed by atoms with Crippen molar-refractivity contribution in [3.63, 3.8) is 0 Å². The lowest BCUT2D eigenvalue weighted by Gasteiger charge is -2.41.